The van der Waals surface area contributed by atoms with E-state index < -0.39 is 23.4 Å². The molecule has 0 bridgehead atoms. The number of pyridine rings is 2. The van der Waals surface area contributed by atoms with Crippen LogP contribution < -0.4 is 10.2 Å². The normalized spacial score (nSPS) is 18.2. The highest BCUT2D eigenvalue weighted by Gasteiger charge is 2.39. The number of hydrogen-bond donors (Lipinski definition) is 1. The molecular formula is C26H31F2N7O2. The van der Waals surface area contributed by atoms with Gasteiger partial charge in [0.1, 0.15) is 23.1 Å². The van der Waals surface area contributed by atoms with E-state index in [9.17, 15) is 18.8 Å². The predicted molar refractivity (Wildman–Crippen MR) is 134 cm³/mol. The molecule has 3 aromatic rings. The van der Waals surface area contributed by atoms with Crippen LogP contribution in [0.25, 0.3) is 16.8 Å². The van der Waals surface area contributed by atoms with E-state index in [1.807, 2.05) is 11.0 Å². The Hall–Kier alpha value is -3.81. The first-order valence-corrected chi connectivity index (χ1v) is 12.1. The molecule has 9 nitrogen and oxygen atoms in total. The van der Waals surface area contributed by atoms with Crippen LogP contribution in [0.2, 0.25) is 0 Å². The topological polar surface area (TPSA) is 108 Å². The standard InChI is InChI=1S/C26H31F2N7O2/c1-16-18(12-29)20-32-22(26(6,27)28)33-35(20)21(19(16)17-8-7-10-30-13-17)34-11-9-25(5,15-34)14-31-23(36)37-24(2,3)4/h7-8,10,13H,9,11,14-15H2,1-6H3,(H,31,36)/t25-/m0/s1. The SMILES string of the molecule is Cc1c(-c2cccnc2)c(N2CC[C@@](C)(CNC(=O)OC(C)(C)C)C2)n2nc(C(C)(F)F)nc2c1C#N. The monoisotopic (exact) mass is 511 g/mol. The molecule has 1 fully saturated rings. The molecule has 11 heteroatoms. The van der Waals surface area contributed by atoms with E-state index >= 15 is 0 Å². The molecule has 1 atom stereocenters. The molecule has 0 aliphatic carbocycles. The summed E-state index contributed by atoms with van der Waals surface area (Å²) in [5.41, 5.74) is 1.35. The Morgan fingerprint density at radius 1 is 1.32 bits per heavy atom. The fourth-order valence-corrected chi connectivity index (χ4v) is 4.60. The van der Waals surface area contributed by atoms with Gasteiger partial charge in [-0.05, 0) is 45.7 Å². The number of aromatic nitrogens is 4. The quantitative estimate of drug-likeness (QED) is 0.523. The number of fused-ring (bicyclic) bond motifs is 1. The Balaban J connectivity index is 1.80. The van der Waals surface area contributed by atoms with Gasteiger partial charge in [-0.25, -0.2) is 9.78 Å². The van der Waals surface area contributed by atoms with Crippen LogP contribution in [-0.2, 0) is 10.7 Å². The van der Waals surface area contributed by atoms with Crippen molar-refractivity contribution in [3.05, 3.63) is 41.5 Å². The van der Waals surface area contributed by atoms with E-state index in [4.69, 9.17) is 4.74 Å². The van der Waals surface area contributed by atoms with Crippen molar-refractivity contribution in [1.29, 1.82) is 5.26 Å². The fourth-order valence-electron chi connectivity index (χ4n) is 4.60. The third kappa shape index (κ3) is 5.33. The molecule has 0 radical (unpaired) electrons. The molecule has 3 aromatic heterocycles. The Morgan fingerprint density at radius 3 is 2.65 bits per heavy atom. The Kier molecular flexibility index (Phi) is 6.56. The highest BCUT2D eigenvalue weighted by molar-refractivity contribution is 5.85. The molecule has 37 heavy (non-hydrogen) atoms. The molecular weight excluding hydrogens is 480 g/mol. The number of hydrogen-bond acceptors (Lipinski definition) is 7. The third-order valence-corrected chi connectivity index (χ3v) is 6.38. The molecule has 0 unspecified atom stereocenters. The number of nitrogens with one attached hydrogen (secondary N) is 1. The first-order valence-electron chi connectivity index (χ1n) is 12.1. The van der Waals surface area contributed by atoms with E-state index in [2.05, 4.69) is 33.4 Å². The van der Waals surface area contributed by atoms with Crippen molar-refractivity contribution in [2.45, 2.75) is 59.5 Å². The van der Waals surface area contributed by atoms with Crippen molar-refractivity contribution in [3.8, 4) is 17.2 Å². The second-order valence-electron chi connectivity index (χ2n) is 10.9. The molecule has 196 valence electrons. The molecule has 1 saturated heterocycles. The fraction of sp³-hybridized carbons (Fsp3) is 0.500. The van der Waals surface area contributed by atoms with Gasteiger partial charge in [0.2, 0.25) is 5.82 Å². The van der Waals surface area contributed by atoms with E-state index in [1.54, 1.807) is 46.2 Å². The summed E-state index contributed by atoms with van der Waals surface area (Å²) in [6.07, 6.45) is 3.54. The number of amides is 1. The Labute approximate surface area is 214 Å². The molecule has 4 rings (SSSR count). The van der Waals surface area contributed by atoms with Crippen molar-refractivity contribution in [2.75, 3.05) is 24.5 Å². The maximum Gasteiger partial charge on any atom is 0.407 e. The molecule has 0 saturated carbocycles. The third-order valence-electron chi connectivity index (χ3n) is 6.38. The zero-order valence-electron chi connectivity index (χ0n) is 21.9. The van der Waals surface area contributed by atoms with Crippen molar-refractivity contribution >= 4 is 17.6 Å². The lowest BCUT2D eigenvalue weighted by Crippen LogP contribution is -2.40. The molecule has 1 N–H and O–H groups in total. The minimum absolute atomic E-state index is 0.0830. The lowest BCUT2D eigenvalue weighted by Gasteiger charge is -2.28. The maximum atomic E-state index is 14.3. The number of carbonyl (C=O) groups excluding carboxylic acids is 1. The zero-order valence-corrected chi connectivity index (χ0v) is 21.9. The number of alkyl carbamates (subject to hydrolysis) is 1. The van der Waals surface area contributed by atoms with Crippen LogP contribution >= 0.6 is 0 Å². The molecule has 0 spiro atoms. The van der Waals surface area contributed by atoms with Gasteiger partial charge in [0, 0.05) is 55.5 Å². The number of carbonyl (C=O) groups is 1. The lowest BCUT2D eigenvalue weighted by atomic mass is 9.90. The maximum absolute atomic E-state index is 14.3. The average Bonchev–Trinajstić information content (AvgIpc) is 3.41. The highest BCUT2D eigenvalue weighted by Crippen LogP contribution is 2.41. The van der Waals surface area contributed by atoms with E-state index in [1.165, 1.54) is 4.52 Å². The van der Waals surface area contributed by atoms with Crippen LogP contribution in [-0.4, -0.2) is 50.9 Å². The van der Waals surface area contributed by atoms with Crippen molar-refractivity contribution in [3.63, 3.8) is 0 Å². The van der Waals surface area contributed by atoms with Crippen LogP contribution in [0.4, 0.5) is 19.4 Å². The molecule has 0 aromatic carbocycles. The van der Waals surface area contributed by atoms with Crippen molar-refractivity contribution < 1.29 is 18.3 Å². The van der Waals surface area contributed by atoms with Crippen LogP contribution in [0, 0.1) is 23.7 Å². The molecule has 4 heterocycles. The molecule has 1 aliphatic heterocycles. The van der Waals surface area contributed by atoms with Gasteiger partial charge in [-0.3, -0.25) is 4.98 Å². The second-order valence-corrected chi connectivity index (χ2v) is 10.9. The van der Waals surface area contributed by atoms with Gasteiger partial charge in [-0.15, -0.1) is 5.10 Å². The lowest BCUT2D eigenvalue weighted by molar-refractivity contribution is 0.00799. The van der Waals surface area contributed by atoms with Gasteiger partial charge in [0.15, 0.2) is 5.65 Å². The summed E-state index contributed by atoms with van der Waals surface area (Å²) in [5, 5.41) is 17.0. The minimum Gasteiger partial charge on any atom is -0.444 e. The van der Waals surface area contributed by atoms with Gasteiger partial charge in [-0.2, -0.15) is 18.6 Å². The minimum atomic E-state index is -3.28. The van der Waals surface area contributed by atoms with Crippen molar-refractivity contribution in [1.82, 2.24) is 24.9 Å². The summed E-state index contributed by atoms with van der Waals surface area (Å²) >= 11 is 0. The zero-order chi connectivity index (χ0) is 27.2. The summed E-state index contributed by atoms with van der Waals surface area (Å²) in [4.78, 5) is 22.6. The van der Waals surface area contributed by atoms with E-state index in [-0.39, 0.29) is 16.6 Å². The summed E-state index contributed by atoms with van der Waals surface area (Å²) in [6, 6.07) is 5.77. The average molecular weight is 512 g/mol. The van der Waals surface area contributed by atoms with E-state index in [0.29, 0.717) is 36.6 Å². The number of rotatable bonds is 5. The van der Waals surface area contributed by atoms with Gasteiger partial charge in [0.05, 0.1) is 0 Å². The highest BCUT2D eigenvalue weighted by atomic mass is 19.3. The largest absolute Gasteiger partial charge is 0.444 e. The smallest absolute Gasteiger partial charge is 0.407 e. The summed E-state index contributed by atoms with van der Waals surface area (Å²) in [7, 11) is 0. The van der Waals surface area contributed by atoms with Crippen LogP contribution in [0.5, 0.6) is 0 Å². The van der Waals surface area contributed by atoms with Crippen LogP contribution in [0.3, 0.4) is 0 Å². The number of anilines is 1. The first kappa shape index (κ1) is 26.3. The van der Waals surface area contributed by atoms with Crippen LogP contribution in [0.1, 0.15) is 58.0 Å². The number of alkyl halides is 2. The van der Waals surface area contributed by atoms with Gasteiger partial charge in [0.25, 0.3) is 0 Å². The summed E-state index contributed by atoms with van der Waals surface area (Å²) < 4.78 is 35.3. The summed E-state index contributed by atoms with van der Waals surface area (Å²) in [5.74, 6) is -3.38. The first-order chi connectivity index (χ1) is 17.2. The van der Waals surface area contributed by atoms with Crippen LogP contribution in [0.15, 0.2) is 24.5 Å². The van der Waals surface area contributed by atoms with Gasteiger partial charge >= 0.3 is 12.0 Å². The molecule has 1 amide bonds. The Bertz CT molecular complexity index is 1370. The van der Waals surface area contributed by atoms with Crippen molar-refractivity contribution in [2.24, 2.45) is 5.41 Å². The predicted octanol–water partition coefficient (Wildman–Crippen LogP) is 4.82. The molecule has 1 aliphatic rings. The number of ether oxygens (including phenoxy) is 1. The Morgan fingerprint density at radius 2 is 2.05 bits per heavy atom. The number of nitriles is 1. The van der Waals surface area contributed by atoms with E-state index in [0.717, 1.165) is 18.9 Å². The summed E-state index contributed by atoms with van der Waals surface area (Å²) in [6.45, 7) is 11.4. The van der Waals surface area contributed by atoms with Gasteiger partial charge in [-0.1, -0.05) is 13.0 Å². The second kappa shape index (κ2) is 9.25. The number of halogens is 2. The van der Waals surface area contributed by atoms with Gasteiger partial charge < -0.3 is 15.0 Å². The number of nitrogens with zero attached hydrogens (tertiary/aromatic N) is 6.